The van der Waals surface area contributed by atoms with Gasteiger partial charge in [-0.1, -0.05) is 13.2 Å². The van der Waals surface area contributed by atoms with Gasteiger partial charge in [-0.25, -0.2) is 0 Å². The van der Waals surface area contributed by atoms with Crippen LogP contribution in [0.3, 0.4) is 0 Å². The average molecular weight is 367 g/mol. The predicted molar refractivity (Wildman–Crippen MR) is 89.0 cm³/mol. The minimum atomic E-state index is -0.322. The average Bonchev–Trinajstić information content (AvgIpc) is 2.46. The third-order valence-electron chi connectivity index (χ3n) is 2.22. The van der Waals surface area contributed by atoms with Gasteiger partial charge >= 0.3 is 17.1 Å². The van der Waals surface area contributed by atoms with Crippen molar-refractivity contribution in [3.8, 4) is 11.5 Å². The fourth-order valence-corrected chi connectivity index (χ4v) is 1.21. The van der Waals surface area contributed by atoms with Crippen LogP contribution in [0.5, 0.6) is 11.5 Å². The van der Waals surface area contributed by atoms with E-state index in [1.807, 2.05) is 6.92 Å². The van der Waals surface area contributed by atoms with Gasteiger partial charge < -0.3 is 25.8 Å². The minimum Gasteiger partial charge on any atom is -0.810 e. The van der Waals surface area contributed by atoms with Crippen molar-refractivity contribution in [3.63, 3.8) is 0 Å². The van der Waals surface area contributed by atoms with Gasteiger partial charge in [0, 0.05) is 18.3 Å². The first-order chi connectivity index (χ1) is 10.3. The van der Waals surface area contributed by atoms with E-state index in [0.29, 0.717) is 18.3 Å². The van der Waals surface area contributed by atoms with Gasteiger partial charge in [0.2, 0.25) is 0 Å². The molecule has 4 N–H and O–H groups in total. The van der Waals surface area contributed by atoms with Crippen LogP contribution in [0.2, 0.25) is 0 Å². The largest absolute Gasteiger partial charge is 1.00 e. The zero-order valence-electron chi connectivity index (χ0n) is 12.6. The van der Waals surface area contributed by atoms with Crippen molar-refractivity contribution >= 4 is 12.4 Å². The van der Waals surface area contributed by atoms with Crippen molar-refractivity contribution in [2.24, 2.45) is 4.99 Å². The van der Waals surface area contributed by atoms with E-state index in [0.717, 1.165) is 6.08 Å². The first kappa shape index (κ1) is 22.8. The molecule has 0 atom stereocenters. The number of aliphatic hydroxyl groups is 2. The molecule has 0 heterocycles. The summed E-state index contributed by atoms with van der Waals surface area (Å²) in [4.78, 5) is 3.95. The molecule has 0 amide bonds. The summed E-state index contributed by atoms with van der Waals surface area (Å²) in [5, 5.41) is 43.9. The van der Waals surface area contributed by atoms with Gasteiger partial charge in [-0.05, 0) is 36.8 Å². The van der Waals surface area contributed by atoms with Gasteiger partial charge in [-0.15, -0.1) is 0 Å². The molecule has 1 rings (SSSR count). The number of phenols is 2. The second-order valence-electron chi connectivity index (χ2n) is 4.04. The third-order valence-corrected chi connectivity index (χ3v) is 2.22. The van der Waals surface area contributed by atoms with Crippen molar-refractivity contribution in [3.05, 3.63) is 65.5 Å². The summed E-state index contributed by atoms with van der Waals surface area (Å²) in [5.74, 6) is -0.316. The quantitative estimate of drug-likeness (QED) is 0.210. The molecule has 0 bridgehead atoms. The van der Waals surface area contributed by atoms with Gasteiger partial charge in [0.1, 0.15) is 23.0 Å². The van der Waals surface area contributed by atoms with Crippen molar-refractivity contribution in [1.29, 1.82) is 0 Å². The number of allylic oxidation sites excluding steroid dienone is 2. The zero-order chi connectivity index (χ0) is 17.1. The van der Waals surface area contributed by atoms with Gasteiger partial charge in [0.25, 0.3) is 0 Å². The topological polar surface area (TPSA) is 116 Å². The SMILES string of the molecule is C=C(O)/C=C(/C=[N-])C(=C)O.CCN=Cc1cc(O)ccc1O.[Cu+]. The molecule has 0 unspecified atom stereocenters. The summed E-state index contributed by atoms with van der Waals surface area (Å²) in [6, 6.07) is 4.33. The van der Waals surface area contributed by atoms with E-state index < -0.39 is 0 Å². The molecule has 1 aromatic carbocycles. The molecule has 0 radical (unpaired) electrons. The Hall–Kier alpha value is -2.50. The van der Waals surface area contributed by atoms with Crippen LogP contribution in [0.1, 0.15) is 12.5 Å². The molecule has 0 aromatic heterocycles. The molecule has 0 aliphatic carbocycles. The van der Waals surface area contributed by atoms with E-state index in [2.05, 4.69) is 18.2 Å². The number of aliphatic imine (C=N–C) groups is 1. The normalized spacial score (nSPS) is 10.2. The Kier molecular flexibility index (Phi) is 12.0. The summed E-state index contributed by atoms with van der Waals surface area (Å²) in [5.41, 5.74) is 0.573. The molecule has 23 heavy (non-hydrogen) atoms. The number of nitrogens with zero attached hydrogens (tertiary/aromatic N) is 2. The van der Waals surface area contributed by atoms with Crippen LogP contribution >= 0.6 is 0 Å². The minimum absolute atomic E-state index is 0. The molecule has 7 heteroatoms. The monoisotopic (exact) mass is 366 g/mol. The molecule has 0 saturated heterocycles. The zero-order valence-corrected chi connectivity index (χ0v) is 13.5. The maximum atomic E-state index is 9.26. The Labute approximate surface area is 145 Å². The van der Waals surface area contributed by atoms with Crippen molar-refractivity contribution in [1.82, 2.24) is 0 Å². The van der Waals surface area contributed by atoms with Crippen molar-refractivity contribution < 1.29 is 37.5 Å². The third kappa shape index (κ3) is 9.95. The van der Waals surface area contributed by atoms with Crippen LogP contribution in [-0.2, 0) is 17.1 Å². The van der Waals surface area contributed by atoms with E-state index in [1.165, 1.54) is 24.4 Å². The number of rotatable bonds is 5. The van der Waals surface area contributed by atoms with Crippen LogP contribution < -0.4 is 0 Å². The Bertz CT molecular complexity index is 610. The second kappa shape index (κ2) is 12.1. The van der Waals surface area contributed by atoms with Crippen LogP contribution in [0.15, 0.2) is 59.5 Å². The number of phenolic OH excluding ortho intramolecular Hbond substituents is 2. The first-order valence-electron chi connectivity index (χ1n) is 6.28. The fourth-order valence-electron chi connectivity index (χ4n) is 1.21. The number of hydrogen-bond donors (Lipinski definition) is 4. The Balaban J connectivity index is 0. The van der Waals surface area contributed by atoms with Crippen molar-refractivity contribution in [2.75, 3.05) is 6.54 Å². The van der Waals surface area contributed by atoms with E-state index >= 15 is 0 Å². The van der Waals surface area contributed by atoms with Gasteiger partial charge in [0.15, 0.2) is 0 Å². The molecule has 1 aromatic rings. The summed E-state index contributed by atoms with van der Waals surface area (Å²) >= 11 is 0. The summed E-state index contributed by atoms with van der Waals surface area (Å²) in [6.45, 7) is 8.81. The van der Waals surface area contributed by atoms with Crippen LogP contribution in [0.25, 0.3) is 5.41 Å². The number of aromatic hydroxyl groups is 2. The molecule has 0 fully saturated rings. The molecular formula is C16H19CuN2O4. The Morgan fingerprint density at radius 2 is 1.87 bits per heavy atom. The molecule has 128 valence electrons. The van der Waals surface area contributed by atoms with Crippen molar-refractivity contribution in [2.45, 2.75) is 6.92 Å². The van der Waals surface area contributed by atoms with E-state index in [-0.39, 0.29) is 45.7 Å². The maximum absolute atomic E-state index is 9.26. The summed E-state index contributed by atoms with van der Waals surface area (Å²) < 4.78 is 0. The van der Waals surface area contributed by atoms with Crippen LogP contribution in [0.4, 0.5) is 0 Å². The standard InChI is InChI=1S/C9H11NO2.C7H8NO2.Cu/c1-2-10-6-7-5-8(11)3-4-9(7)12;1-5(9)3-7(4-8)6(2)10;/h3-6,11-12H,2H2,1H3;3-4,9-10H,1-2H2;/q;-1;+1/b;7-3-;. The smallest absolute Gasteiger partial charge is 0.810 e. The van der Waals surface area contributed by atoms with Gasteiger partial charge in [0.05, 0.1) is 0 Å². The summed E-state index contributed by atoms with van der Waals surface area (Å²) in [7, 11) is 0. The Morgan fingerprint density at radius 1 is 1.26 bits per heavy atom. The number of benzene rings is 1. The Morgan fingerprint density at radius 3 is 2.26 bits per heavy atom. The molecule has 6 nitrogen and oxygen atoms in total. The summed E-state index contributed by atoms with van der Waals surface area (Å²) in [6.07, 6.45) is 3.25. The molecule has 0 spiro atoms. The second-order valence-corrected chi connectivity index (χ2v) is 4.04. The van der Waals surface area contributed by atoms with Crippen LogP contribution in [0, 0.1) is 0 Å². The number of hydrogen-bond acceptors (Lipinski definition) is 5. The fraction of sp³-hybridized carbons (Fsp3) is 0.125. The number of aliphatic hydroxyl groups excluding tert-OH is 2. The van der Waals surface area contributed by atoms with E-state index in [1.54, 1.807) is 0 Å². The molecule has 0 aliphatic heterocycles. The predicted octanol–water partition coefficient (Wildman–Crippen LogP) is 3.23. The van der Waals surface area contributed by atoms with Gasteiger partial charge in [-0.2, -0.15) is 6.21 Å². The molecule has 0 saturated carbocycles. The van der Waals surface area contributed by atoms with E-state index in [4.69, 9.17) is 20.7 Å². The maximum Gasteiger partial charge on any atom is 1.00 e. The van der Waals surface area contributed by atoms with Crippen LogP contribution in [-0.4, -0.2) is 39.4 Å². The van der Waals surface area contributed by atoms with E-state index in [9.17, 15) is 5.11 Å². The van der Waals surface area contributed by atoms with Gasteiger partial charge in [-0.3, -0.25) is 4.99 Å². The first-order valence-corrected chi connectivity index (χ1v) is 6.28. The molecule has 0 aliphatic rings. The molecular weight excluding hydrogens is 348 g/mol.